The molecule has 0 saturated heterocycles. The largest absolute Gasteiger partial charge is 0.318 e. The molecule has 2 heterocycles. The topological polar surface area (TPSA) is 96.3 Å². The number of aromatic nitrogens is 2. The molecule has 7 nitrogen and oxygen atoms in total. The molecule has 0 bridgehead atoms. The van der Waals surface area contributed by atoms with Crippen LogP contribution in [0.4, 0.5) is 5.69 Å². The molecule has 0 saturated carbocycles. The number of hydrazone groups is 1. The van der Waals surface area contributed by atoms with E-state index in [2.05, 4.69) is 24.6 Å². The van der Waals surface area contributed by atoms with Crippen LogP contribution in [0.25, 0.3) is 11.0 Å². The second kappa shape index (κ2) is 5.55. The second-order valence-electron chi connectivity index (χ2n) is 4.22. The van der Waals surface area contributed by atoms with Crippen molar-refractivity contribution >= 4 is 69.2 Å². The van der Waals surface area contributed by atoms with Gasteiger partial charge < -0.3 is 5.32 Å². The molecule has 21 heavy (non-hydrogen) atoms. The van der Waals surface area contributed by atoms with Gasteiger partial charge in [-0.15, -0.1) is 0 Å². The van der Waals surface area contributed by atoms with Gasteiger partial charge in [0.25, 0.3) is 5.91 Å². The Morgan fingerprint density at radius 1 is 1.24 bits per heavy atom. The van der Waals surface area contributed by atoms with Gasteiger partial charge in [0.05, 0.1) is 27.5 Å². The summed E-state index contributed by atoms with van der Waals surface area (Å²) in [5.74, 6) is -0.671. The number of halogens is 2. The van der Waals surface area contributed by atoms with Crippen molar-refractivity contribution in [1.82, 2.24) is 14.2 Å². The Morgan fingerprint density at radius 2 is 2.00 bits per heavy atom. The average molecular weight is 344 g/mol. The van der Waals surface area contributed by atoms with E-state index in [1.54, 1.807) is 0 Å². The Hall–Kier alpha value is -1.77. The highest BCUT2D eigenvalue weighted by atomic mass is 35.5. The molecule has 2 N–H and O–H groups in total. The quantitative estimate of drug-likeness (QED) is 0.873. The lowest BCUT2D eigenvalue weighted by Gasteiger charge is -2.13. The molecule has 1 aliphatic heterocycles. The van der Waals surface area contributed by atoms with Crippen LogP contribution in [0.1, 0.15) is 12.8 Å². The summed E-state index contributed by atoms with van der Waals surface area (Å²) in [6, 6.07) is 1.49. The van der Waals surface area contributed by atoms with Crippen LogP contribution >= 0.6 is 34.9 Å². The highest BCUT2D eigenvalue weighted by Gasteiger charge is 2.21. The summed E-state index contributed by atoms with van der Waals surface area (Å²) in [4.78, 5) is 23.2. The van der Waals surface area contributed by atoms with Crippen LogP contribution in [0.3, 0.4) is 0 Å². The first-order chi connectivity index (χ1) is 10.1. The number of carbonyl (C=O) groups excluding carboxylic acids is 2. The molecule has 1 aliphatic rings. The zero-order chi connectivity index (χ0) is 15.0. The maximum atomic E-state index is 12.1. The van der Waals surface area contributed by atoms with Crippen LogP contribution in [0.5, 0.6) is 0 Å². The van der Waals surface area contributed by atoms with Crippen molar-refractivity contribution in [3.8, 4) is 0 Å². The molecule has 1 aromatic carbocycles. The molecule has 2 amide bonds. The predicted molar refractivity (Wildman–Crippen MR) is 80.9 cm³/mol. The van der Waals surface area contributed by atoms with Gasteiger partial charge in [-0.1, -0.05) is 23.2 Å². The number of benzene rings is 1. The van der Waals surface area contributed by atoms with Crippen molar-refractivity contribution in [3.05, 3.63) is 16.1 Å². The Balaban J connectivity index is 1.93. The Morgan fingerprint density at radius 3 is 2.71 bits per heavy atom. The summed E-state index contributed by atoms with van der Waals surface area (Å²) in [7, 11) is 0. The lowest BCUT2D eigenvalue weighted by molar-refractivity contribution is -0.121. The first kappa shape index (κ1) is 14.2. The number of nitrogens with zero attached hydrogens (tertiary/aromatic N) is 3. The molecular formula is C11H7Cl2N5O2S. The van der Waals surface area contributed by atoms with E-state index in [0.717, 1.165) is 11.7 Å². The fraction of sp³-hybridized carbons (Fsp3) is 0.182. The minimum atomic E-state index is -0.450. The van der Waals surface area contributed by atoms with E-state index in [9.17, 15) is 9.59 Å². The van der Waals surface area contributed by atoms with Crippen LogP contribution in [0, 0.1) is 0 Å². The Kier molecular flexibility index (Phi) is 3.75. The second-order valence-corrected chi connectivity index (χ2v) is 5.57. The molecule has 2 aromatic rings. The van der Waals surface area contributed by atoms with Crippen LogP contribution in [0.15, 0.2) is 11.2 Å². The van der Waals surface area contributed by atoms with E-state index in [4.69, 9.17) is 23.2 Å². The predicted octanol–water partition coefficient (Wildman–Crippen LogP) is 2.20. The Bertz CT molecular complexity index is 788. The summed E-state index contributed by atoms with van der Waals surface area (Å²) in [6.07, 6.45) is 0.482. The van der Waals surface area contributed by atoms with E-state index in [1.807, 2.05) is 0 Å². The number of anilines is 1. The maximum absolute atomic E-state index is 12.1. The SMILES string of the molecule is O=C1CCC(C(=O)Nc2c(Cl)cc(Cl)c3nsnc23)=NN1. The van der Waals surface area contributed by atoms with Gasteiger partial charge >= 0.3 is 0 Å². The van der Waals surface area contributed by atoms with Crippen molar-refractivity contribution in [3.63, 3.8) is 0 Å². The summed E-state index contributed by atoms with van der Waals surface area (Å²) in [6.45, 7) is 0. The molecule has 108 valence electrons. The molecule has 0 atom stereocenters. The van der Waals surface area contributed by atoms with E-state index in [-0.39, 0.29) is 29.5 Å². The van der Waals surface area contributed by atoms with Gasteiger partial charge in [-0.3, -0.25) is 9.59 Å². The van der Waals surface area contributed by atoms with Crippen LogP contribution in [-0.2, 0) is 9.59 Å². The van der Waals surface area contributed by atoms with Crippen molar-refractivity contribution in [1.29, 1.82) is 0 Å². The molecule has 3 rings (SSSR count). The first-order valence-corrected chi connectivity index (χ1v) is 7.32. The Labute approximate surface area is 132 Å². The summed E-state index contributed by atoms with van der Waals surface area (Å²) in [5.41, 5.74) is 3.71. The lowest BCUT2D eigenvalue weighted by Crippen LogP contribution is -2.32. The summed E-state index contributed by atoms with van der Waals surface area (Å²) < 4.78 is 8.14. The standard InChI is InChI=1S/C11H7Cl2N5O2S/c12-4-3-5(13)9-10(18-21-17-9)8(4)14-11(20)6-1-2-7(19)16-15-6/h3H,1-2H2,(H,14,20)(H,16,19). The highest BCUT2D eigenvalue weighted by molar-refractivity contribution is 7.00. The molecule has 0 radical (unpaired) electrons. The molecule has 0 unspecified atom stereocenters. The zero-order valence-electron chi connectivity index (χ0n) is 10.3. The van der Waals surface area contributed by atoms with E-state index >= 15 is 0 Å². The minimum Gasteiger partial charge on any atom is -0.318 e. The summed E-state index contributed by atoms with van der Waals surface area (Å²) in [5, 5.41) is 6.99. The average Bonchev–Trinajstić information content (AvgIpc) is 2.93. The van der Waals surface area contributed by atoms with Crippen LogP contribution < -0.4 is 10.7 Å². The number of carbonyl (C=O) groups is 2. The van der Waals surface area contributed by atoms with E-state index in [1.165, 1.54) is 6.07 Å². The molecule has 0 spiro atoms. The van der Waals surface area contributed by atoms with Crippen LogP contribution in [0.2, 0.25) is 10.0 Å². The first-order valence-electron chi connectivity index (χ1n) is 5.83. The number of fused-ring (bicyclic) bond motifs is 1. The van der Waals surface area contributed by atoms with Gasteiger partial charge in [-0.2, -0.15) is 13.8 Å². The third-order valence-electron chi connectivity index (χ3n) is 2.85. The van der Waals surface area contributed by atoms with Crippen molar-refractivity contribution < 1.29 is 9.59 Å². The number of nitrogens with one attached hydrogen (secondary N) is 2. The van der Waals surface area contributed by atoms with Gasteiger partial charge in [0.2, 0.25) is 5.91 Å². The minimum absolute atomic E-state index is 0.217. The number of rotatable bonds is 2. The van der Waals surface area contributed by atoms with Gasteiger partial charge in [0.1, 0.15) is 16.7 Å². The third kappa shape index (κ3) is 2.69. The lowest BCUT2D eigenvalue weighted by atomic mass is 10.1. The third-order valence-corrected chi connectivity index (χ3v) is 3.96. The maximum Gasteiger partial charge on any atom is 0.271 e. The normalized spacial score (nSPS) is 14.8. The molecule has 1 aromatic heterocycles. The fourth-order valence-corrected chi connectivity index (χ4v) is 2.98. The van der Waals surface area contributed by atoms with Crippen LogP contribution in [-0.4, -0.2) is 26.3 Å². The highest BCUT2D eigenvalue weighted by Crippen LogP contribution is 2.35. The smallest absolute Gasteiger partial charge is 0.271 e. The van der Waals surface area contributed by atoms with Gasteiger partial charge in [0, 0.05) is 12.8 Å². The van der Waals surface area contributed by atoms with E-state index < -0.39 is 5.91 Å². The van der Waals surface area contributed by atoms with Gasteiger partial charge in [0.15, 0.2) is 0 Å². The van der Waals surface area contributed by atoms with Crippen molar-refractivity contribution in [2.45, 2.75) is 12.8 Å². The molecule has 0 fully saturated rings. The number of hydrogen-bond donors (Lipinski definition) is 2. The van der Waals surface area contributed by atoms with Gasteiger partial charge in [-0.05, 0) is 6.07 Å². The van der Waals surface area contributed by atoms with Crippen molar-refractivity contribution in [2.75, 3.05) is 5.32 Å². The summed E-state index contributed by atoms with van der Waals surface area (Å²) >= 11 is 13.1. The monoisotopic (exact) mass is 343 g/mol. The van der Waals surface area contributed by atoms with E-state index in [0.29, 0.717) is 21.7 Å². The molecular weight excluding hydrogens is 337 g/mol. The molecule has 10 heteroatoms. The van der Waals surface area contributed by atoms with Gasteiger partial charge in [-0.25, -0.2) is 5.43 Å². The fourth-order valence-electron chi connectivity index (χ4n) is 1.82. The van der Waals surface area contributed by atoms with Crippen molar-refractivity contribution in [2.24, 2.45) is 5.10 Å². The zero-order valence-corrected chi connectivity index (χ0v) is 12.6. The number of hydrogen-bond acceptors (Lipinski definition) is 6. The number of amides is 2. The molecule has 0 aliphatic carbocycles.